The van der Waals surface area contributed by atoms with Crippen LogP contribution in [0.3, 0.4) is 0 Å². The molecule has 0 nitrogen and oxygen atoms in total. The van der Waals surface area contributed by atoms with Crippen LogP contribution in [0.4, 0.5) is 7.10 Å². The van der Waals surface area contributed by atoms with Gasteiger partial charge >= 0.3 is 40.0 Å². The molecular weight excluding hydrogens is 165 g/mol. The van der Waals surface area contributed by atoms with Crippen molar-refractivity contribution in [3.63, 3.8) is 0 Å². The second kappa shape index (κ2) is 9.09. The van der Waals surface area contributed by atoms with Crippen LogP contribution in [-0.2, 0) is 32.9 Å². The molecule has 0 N–H and O–H groups in total. The number of rotatable bonds is 0. The van der Waals surface area contributed by atoms with Crippen LogP contribution in [0.15, 0.2) is 0 Å². The molecule has 0 aliphatic rings. The van der Waals surface area contributed by atoms with E-state index in [0.717, 1.165) is 0 Å². The van der Waals surface area contributed by atoms with Gasteiger partial charge in [0.25, 0.3) is 0 Å². The van der Waals surface area contributed by atoms with Crippen LogP contribution < -0.4 is 0 Å². The molecule has 0 aliphatic heterocycles. The molecule has 0 amide bonds. The fourth-order valence-corrected chi connectivity index (χ4v) is 0. The molecule has 0 aromatic heterocycles. The zero-order chi connectivity index (χ0) is 2.71. The Morgan fingerprint density at radius 1 is 1.25 bits per heavy atom. The zero-order valence-corrected chi connectivity index (χ0v) is 3.24. The summed E-state index contributed by atoms with van der Waals surface area (Å²) in [5.74, 6) is 0. The summed E-state index contributed by atoms with van der Waals surface area (Å²) in [6.07, 6.45) is 0. The van der Waals surface area contributed by atoms with Crippen LogP contribution in [0.1, 0.15) is 0 Å². The molecule has 0 unspecified atom stereocenters. The summed E-state index contributed by atoms with van der Waals surface area (Å²) in [6, 6.07) is 0. The minimum absolute atomic E-state index is 0. The van der Waals surface area contributed by atoms with Gasteiger partial charge in [-0.3, -0.25) is 0 Å². The van der Waals surface area contributed by atoms with Gasteiger partial charge in [-0.25, -0.2) is 0 Å². The van der Waals surface area contributed by atoms with Crippen LogP contribution in [0.25, 0.3) is 0 Å². The molecule has 35 valence electrons. The Labute approximate surface area is 40.5 Å². The molecule has 4 heteroatoms. The summed E-state index contributed by atoms with van der Waals surface area (Å²) in [5, 5.41) is 0. The minimum atomic E-state index is -1.19. The quantitative estimate of drug-likeness (QED) is 0.466. The molecule has 4 heavy (non-hydrogen) atoms. The van der Waals surface area contributed by atoms with Gasteiger partial charge in [0.05, 0.1) is 0 Å². The van der Waals surface area contributed by atoms with Gasteiger partial charge in [-0.2, -0.15) is 0 Å². The molecule has 0 saturated heterocycles. The van der Waals surface area contributed by atoms with Crippen LogP contribution >= 0.6 is 0 Å². The average molecular weight is 165 g/mol. The number of hydrogen-bond donors (Lipinski definition) is 0. The molecule has 0 radical (unpaired) electrons. The van der Waals surface area contributed by atoms with Crippen molar-refractivity contribution in [1.29, 1.82) is 0 Å². The molecule has 0 aromatic carbocycles. The first-order valence-corrected chi connectivity index (χ1v) is 0.940. The SMILES string of the molecule is [Cu+].[F][Cu][F]. The van der Waals surface area contributed by atoms with Crippen LogP contribution in [-0.4, -0.2) is 0 Å². The molecule has 0 aromatic rings. The van der Waals surface area contributed by atoms with Gasteiger partial charge in [-0.05, 0) is 0 Å². The molecule has 0 atom stereocenters. The van der Waals surface area contributed by atoms with E-state index in [-0.39, 0.29) is 17.1 Å². The topological polar surface area (TPSA) is 0 Å². The molecule has 0 rings (SSSR count). The van der Waals surface area contributed by atoms with Crippen molar-refractivity contribution >= 4 is 0 Å². The molecule has 0 aliphatic carbocycles. The van der Waals surface area contributed by atoms with E-state index in [1.54, 1.807) is 0 Å². The van der Waals surface area contributed by atoms with Crippen molar-refractivity contribution in [3.8, 4) is 0 Å². The van der Waals surface area contributed by atoms with Crippen molar-refractivity contribution in [3.05, 3.63) is 0 Å². The zero-order valence-electron chi connectivity index (χ0n) is 1.36. The van der Waals surface area contributed by atoms with E-state index in [0.29, 0.717) is 0 Å². The van der Waals surface area contributed by atoms with E-state index in [1.807, 2.05) is 0 Å². The number of hydrogen-bond acceptors (Lipinski definition) is 0. The van der Waals surface area contributed by atoms with Gasteiger partial charge < -0.3 is 0 Å². The molecular formula is Cu2F2+. The molecule has 0 spiro atoms. The maximum absolute atomic E-state index is 9.53. The summed E-state index contributed by atoms with van der Waals surface area (Å²) >= 11 is -1.19. The van der Waals surface area contributed by atoms with Gasteiger partial charge in [0.1, 0.15) is 0 Å². The van der Waals surface area contributed by atoms with Crippen LogP contribution in [0.2, 0.25) is 0 Å². The molecule has 0 fully saturated rings. The fraction of sp³-hybridized carbons (Fsp3) is 0. The standard InChI is InChI=1S/2Cu.2FH/h;;2*1H/q+1;+2;;/p-2. The van der Waals surface area contributed by atoms with E-state index in [9.17, 15) is 7.10 Å². The van der Waals surface area contributed by atoms with E-state index < -0.39 is 15.9 Å². The second-order valence-electron chi connectivity index (χ2n) is 0.0431. The van der Waals surface area contributed by atoms with Crippen LogP contribution in [0, 0.1) is 0 Å². The van der Waals surface area contributed by atoms with Crippen LogP contribution in [0.5, 0.6) is 0 Å². The third-order valence-electron chi connectivity index (χ3n) is 0. The predicted molar refractivity (Wildman–Crippen MR) is 2.22 cm³/mol. The number of halogens is 2. The van der Waals surface area contributed by atoms with Crippen molar-refractivity contribution in [2.75, 3.05) is 0 Å². The first-order valence-electron chi connectivity index (χ1n) is 0.228. The van der Waals surface area contributed by atoms with Gasteiger partial charge in [-0.15, -0.1) is 0 Å². The average Bonchev–Trinajstić information content (AvgIpc) is 0.918. The fourth-order valence-electron chi connectivity index (χ4n) is 0. The molecule has 0 heterocycles. The Hall–Kier alpha value is 0.899. The summed E-state index contributed by atoms with van der Waals surface area (Å²) < 4.78 is 19.1. The Morgan fingerprint density at radius 3 is 1.25 bits per heavy atom. The molecule has 0 saturated carbocycles. The Morgan fingerprint density at radius 2 is 1.25 bits per heavy atom. The first kappa shape index (κ1) is 8.86. The maximum atomic E-state index is 9.53. The van der Waals surface area contributed by atoms with Crippen molar-refractivity contribution in [1.82, 2.24) is 0 Å². The normalized spacial score (nSPS) is 5.50. The van der Waals surface area contributed by atoms with Crippen molar-refractivity contribution in [2.24, 2.45) is 0 Å². The third-order valence-corrected chi connectivity index (χ3v) is 0. The summed E-state index contributed by atoms with van der Waals surface area (Å²) in [6.45, 7) is 0. The Balaban J connectivity index is 0. The van der Waals surface area contributed by atoms with E-state index in [4.69, 9.17) is 0 Å². The van der Waals surface area contributed by atoms with Gasteiger partial charge in [0, 0.05) is 0 Å². The van der Waals surface area contributed by atoms with Gasteiger partial charge in [0.2, 0.25) is 0 Å². The monoisotopic (exact) mass is 164 g/mol. The Bertz CT molecular complexity index is 4.00. The van der Waals surface area contributed by atoms with Gasteiger partial charge in [0.15, 0.2) is 0 Å². The summed E-state index contributed by atoms with van der Waals surface area (Å²) in [5.41, 5.74) is 0. The van der Waals surface area contributed by atoms with E-state index in [2.05, 4.69) is 0 Å². The van der Waals surface area contributed by atoms with E-state index >= 15 is 0 Å². The molecule has 0 bridgehead atoms. The first-order chi connectivity index (χ1) is 1.41. The third kappa shape index (κ3) is 12.9. The summed E-state index contributed by atoms with van der Waals surface area (Å²) in [4.78, 5) is 0. The van der Waals surface area contributed by atoms with Gasteiger partial charge in [-0.1, -0.05) is 0 Å². The Kier molecular flexibility index (Phi) is 20.1. The summed E-state index contributed by atoms with van der Waals surface area (Å²) in [7, 11) is 0. The predicted octanol–water partition coefficient (Wildman–Crippen LogP) is 0.835. The second-order valence-corrected chi connectivity index (χ2v) is 0.178. The van der Waals surface area contributed by atoms with E-state index in [1.165, 1.54) is 0 Å². The van der Waals surface area contributed by atoms with Crippen molar-refractivity contribution < 1.29 is 40.0 Å². The van der Waals surface area contributed by atoms with Crippen molar-refractivity contribution in [2.45, 2.75) is 0 Å².